The number of halogens is 2. The number of hydrogen-bond acceptors (Lipinski definition) is 3. The standard InChI is InChI=1S/C10H8ClFN2O/c11-8-3-1-2-6(7(8)5-12)9-4-10(13)15-14-9/h1-4H,5,13H2. The molecule has 0 saturated carbocycles. The maximum atomic E-state index is 12.8. The van der Waals surface area contributed by atoms with E-state index in [0.29, 0.717) is 21.8 Å². The highest BCUT2D eigenvalue weighted by molar-refractivity contribution is 6.31. The minimum Gasteiger partial charge on any atom is -0.368 e. The van der Waals surface area contributed by atoms with Gasteiger partial charge in [0.25, 0.3) is 0 Å². The quantitative estimate of drug-likeness (QED) is 0.856. The van der Waals surface area contributed by atoms with Crippen molar-refractivity contribution in [3.63, 3.8) is 0 Å². The minimum absolute atomic E-state index is 0.190. The van der Waals surface area contributed by atoms with E-state index < -0.39 is 6.67 Å². The third-order valence-corrected chi connectivity index (χ3v) is 2.41. The average Bonchev–Trinajstić information content (AvgIpc) is 2.64. The fraction of sp³-hybridized carbons (Fsp3) is 0.100. The van der Waals surface area contributed by atoms with Crippen LogP contribution in [0.5, 0.6) is 0 Å². The molecule has 2 rings (SSSR count). The normalized spacial score (nSPS) is 10.5. The van der Waals surface area contributed by atoms with Crippen molar-refractivity contribution in [2.45, 2.75) is 6.67 Å². The van der Waals surface area contributed by atoms with Crippen LogP contribution >= 0.6 is 11.6 Å². The molecule has 5 heteroatoms. The van der Waals surface area contributed by atoms with Crippen LogP contribution in [0.1, 0.15) is 5.56 Å². The highest BCUT2D eigenvalue weighted by Crippen LogP contribution is 2.29. The van der Waals surface area contributed by atoms with Gasteiger partial charge in [0.15, 0.2) is 0 Å². The second-order valence-electron chi connectivity index (χ2n) is 3.01. The predicted molar refractivity (Wildman–Crippen MR) is 56.2 cm³/mol. The summed E-state index contributed by atoms with van der Waals surface area (Å²) >= 11 is 5.86. The molecule has 0 unspecified atom stereocenters. The van der Waals surface area contributed by atoms with Crippen molar-refractivity contribution in [2.75, 3.05) is 5.73 Å². The maximum absolute atomic E-state index is 12.8. The summed E-state index contributed by atoms with van der Waals surface area (Å²) in [7, 11) is 0. The van der Waals surface area contributed by atoms with Gasteiger partial charge in [-0.25, -0.2) is 4.39 Å². The van der Waals surface area contributed by atoms with Crippen LogP contribution in [-0.2, 0) is 6.67 Å². The summed E-state index contributed by atoms with van der Waals surface area (Å²) in [6.45, 7) is -0.651. The summed E-state index contributed by atoms with van der Waals surface area (Å²) in [6, 6.07) is 6.61. The van der Waals surface area contributed by atoms with Gasteiger partial charge < -0.3 is 10.3 Å². The van der Waals surface area contributed by atoms with E-state index in [1.165, 1.54) is 6.07 Å². The molecule has 1 aromatic heterocycles. The van der Waals surface area contributed by atoms with Crippen LogP contribution in [-0.4, -0.2) is 5.16 Å². The molecule has 3 nitrogen and oxygen atoms in total. The van der Waals surface area contributed by atoms with Gasteiger partial charge in [-0.05, 0) is 6.07 Å². The van der Waals surface area contributed by atoms with E-state index in [1.807, 2.05) is 0 Å². The van der Waals surface area contributed by atoms with Crippen LogP contribution in [0.4, 0.5) is 10.3 Å². The topological polar surface area (TPSA) is 52.0 Å². The molecular formula is C10H8ClFN2O. The van der Waals surface area contributed by atoms with Crippen molar-refractivity contribution in [3.05, 3.63) is 34.9 Å². The Balaban J connectivity index is 2.57. The smallest absolute Gasteiger partial charge is 0.222 e. The zero-order chi connectivity index (χ0) is 10.8. The summed E-state index contributed by atoms with van der Waals surface area (Å²) in [5.74, 6) is 0.190. The van der Waals surface area contributed by atoms with E-state index in [9.17, 15) is 4.39 Å². The Kier molecular flexibility index (Phi) is 2.60. The second-order valence-corrected chi connectivity index (χ2v) is 3.42. The Labute approximate surface area is 90.6 Å². The Morgan fingerprint density at radius 3 is 2.87 bits per heavy atom. The lowest BCUT2D eigenvalue weighted by atomic mass is 10.1. The predicted octanol–water partition coefficient (Wildman–Crippen LogP) is 3.05. The first-order valence-corrected chi connectivity index (χ1v) is 4.66. The van der Waals surface area contributed by atoms with Gasteiger partial charge in [0.05, 0.1) is 0 Å². The van der Waals surface area contributed by atoms with Gasteiger partial charge in [0, 0.05) is 22.2 Å². The first kappa shape index (κ1) is 9.98. The second kappa shape index (κ2) is 3.90. The Bertz CT molecular complexity index is 484. The minimum atomic E-state index is -0.651. The van der Waals surface area contributed by atoms with Gasteiger partial charge in [0.1, 0.15) is 12.4 Å². The zero-order valence-electron chi connectivity index (χ0n) is 7.71. The largest absolute Gasteiger partial charge is 0.368 e. The van der Waals surface area contributed by atoms with Crippen LogP contribution in [0.25, 0.3) is 11.3 Å². The van der Waals surface area contributed by atoms with Gasteiger partial charge in [-0.15, -0.1) is 0 Å². The lowest BCUT2D eigenvalue weighted by Crippen LogP contribution is -1.88. The number of nitrogens with zero attached hydrogens (tertiary/aromatic N) is 1. The Morgan fingerprint density at radius 1 is 1.47 bits per heavy atom. The molecule has 0 atom stereocenters. The van der Waals surface area contributed by atoms with E-state index in [-0.39, 0.29) is 5.88 Å². The average molecular weight is 227 g/mol. The molecular weight excluding hydrogens is 219 g/mol. The van der Waals surface area contributed by atoms with Crippen molar-refractivity contribution in [2.24, 2.45) is 0 Å². The van der Waals surface area contributed by atoms with Crippen LogP contribution in [0, 0.1) is 0 Å². The van der Waals surface area contributed by atoms with Crippen molar-refractivity contribution >= 4 is 17.5 Å². The molecule has 0 bridgehead atoms. The fourth-order valence-electron chi connectivity index (χ4n) is 1.35. The van der Waals surface area contributed by atoms with E-state index in [4.69, 9.17) is 21.9 Å². The summed E-state index contributed by atoms with van der Waals surface area (Å²) in [6.07, 6.45) is 0. The molecule has 0 saturated heterocycles. The summed E-state index contributed by atoms with van der Waals surface area (Å²) < 4.78 is 17.5. The van der Waals surface area contributed by atoms with E-state index in [2.05, 4.69) is 5.16 Å². The number of nitrogen functional groups attached to an aromatic ring is 1. The lowest BCUT2D eigenvalue weighted by Gasteiger charge is -2.04. The van der Waals surface area contributed by atoms with Crippen molar-refractivity contribution in [1.82, 2.24) is 5.16 Å². The summed E-state index contributed by atoms with van der Waals surface area (Å²) in [5.41, 5.74) is 6.88. The zero-order valence-corrected chi connectivity index (χ0v) is 8.46. The third-order valence-electron chi connectivity index (χ3n) is 2.06. The first-order valence-electron chi connectivity index (χ1n) is 4.28. The number of benzene rings is 1. The Morgan fingerprint density at radius 2 is 2.27 bits per heavy atom. The molecule has 1 aromatic carbocycles. The van der Waals surface area contributed by atoms with Crippen LogP contribution in [0.15, 0.2) is 28.8 Å². The van der Waals surface area contributed by atoms with E-state index in [1.54, 1.807) is 18.2 Å². The number of aromatic nitrogens is 1. The fourth-order valence-corrected chi connectivity index (χ4v) is 1.58. The van der Waals surface area contributed by atoms with Crippen molar-refractivity contribution in [1.29, 1.82) is 0 Å². The molecule has 0 amide bonds. The van der Waals surface area contributed by atoms with Crippen LogP contribution in [0.3, 0.4) is 0 Å². The highest BCUT2D eigenvalue weighted by atomic mass is 35.5. The molecule has 0 aliphatic carbocycles. The summed E-state index contributed by atoms with van der Waals surface area (Å²) in [5, 5.41) is 4.08. The van der Waals surface area contributed by atoms with E-state index >= 15 is 0 Å². The molecule has 0 aliphatic rings. The number of alkyl halides is 1. The SMILES string of the molecule is Nc1cc(-c2cccc(Cl)c2CF)no1. The molecule has 0 aliphatic heterocycles. The van der Waals surface area contributed by atoms with Gasteiger partial charge in [-0.3, -0.25) is 0 Å². The molecule has 78 valence electrons. The highest BCUT2D eigenvalue weighted by Gasteiger charge is 2.11. The first-order chi connectivity index (χ1) is 7.22. The van der Waals surface area contributed by atoms with Gasteiger partial charge >= 0.3 is 0 Å². The van der Waals surface area contributed by atoms with Crippen LogP contribution < -0.4 is 5.73 Å². The monoisotopic (exact) mass is 226 g/mol. The van der Waals surface area contributed by atoms with Crippen LogP contribution in [0.2, 0.25) is 5.02 Å². The van der Waals surface area contributed by atoms with Gasteiger partial charge in [-0.2, -0.15) is 0 Å². The third kappa shape index (κ3) is 1.80. The maximum Gasteiger partial charge on any atom is 0.222 e. The molecule has 0 spiro atoms. The Hall–Kier alpha value is -1.55. The van der Waals surface area contributed by atoms with Crippen molar-refractivity contribution < 1.29 is 8.91 Å². The lowest BCUT2D eigenvalue weighted by molar-refractivity contribution is 0.438. The molecule has 2 aromatic rings. The van der Waals surface area contributed by atoms with Crippen molar-refractivity contribution in [3.8, 4) is 11.3 Å². The van der Waals surface area contributed by atoms with E-state index in [0.717, 1.165) is 0 Å². The molecule has 2 N–H and O–H groups in total. The number of anilines is 1. The van der Waals surface area contributed by atoms with Gasteiger partial charge in [0.2, 0.25) is 5.88 Å². The number of nitrogens with two attached hydrogens (primary N) is 1. The number of hydrogen-bond donors (Lipinski definition) is 1. The summed E-state index contributed by atoms with van der Waals surface area (Å²) in [4.78, 5) is 0. The number of rotatable bonds is 2. The molecule has 1 heterocycles. The van der Waals surface area contributed by atoms with Gasteiger partial charge in [-0.1, -0.05) is 28.9 Å². The molecule has 15 heavy (non-hydrogen) atoms. The molecule has 0 radical (unpaired) electrons. The molecule has 0 fully saturated rings.